The van der Waals surface area contributed by atoms with Gasteiger partial charge in [-0.1, -0.05) is 11.6 Å². The molecule has 0 saturated carbocycles. The molecule has 0 aliphatic heterocycles. The lowest BCUT2D eigenvalue weighted by atomic mass is 10.2. The second kappa shape index (κ2) is 7.59. The number of nitrogens with one attached hydrogen (secondary N) is 1. The summed E-state index contributed by atoms with van der Waals surface area (Å²) in [6.07, 6.45) is 0.933. The van der Waals surface area contributed by atoms with E-state index in [2.05, 4.69) is 30.7 Å². The zero-order valence-electron chi connectivity index (χ0n) is 13.1. The molecule has 0 amide bonds. The Labute approximate surface area is 150 Å². The molecule has 126 valence electrons. The third-order valence-electron chi connectivity index (χ3n) is 3.13. The van der Waals surface area contributed by atoms with Crippen molar-refractivity contribution < 1.29 is 19.1 Å². The molecule has 0 aliphatic rings. The topological polar surface area (TPSA) is 81.7 Å². The molecule has 2 aromatic rings. The van der Waals surface area contributed by atoms with Crippen LogP contribution in [0.4, 0.5) is 5.69 Å². The summed E-state index contributed by atoms with van der Waals surface area (Å²) >= 11 is 4.67. The van der Waals surface area contributed by atoms with Gasteiger partial charge in [0.25, 0.3) is 0 Å². The summed E-state index contributed by atoms with van der Waals surface area (Å²) in [5.74, 6) is -1.53. The van der Waals surface area contributed by atoms with Gasteiger partial charge in [0.15, 0.2) is 0 Å². The Balaban J connectivity index is 2.58. The van der Waals surface area contributed by atoms with Gasteiger partial charge in [0, 0.05) is 10.1 Å². The summed E-state index contributed by atoms with van der Waals surface area (Å²) in [7, 11) is 2.36. The predicted octanol–water partition coefficient (Wildman–Crippen LogP) is 2.97. The van der Waals surface area contributed by atoms with Gasteiger partial charge in [0.2, 0.25) is 5.43 Å². The average Bonchev–Trinajstić information content (AvgIpc) is 2.57. The maximum absolute atomic E-state index is 12.7. The lowest BCUT2D eigenvalue weighted by Crippen LogP contribution is -2.19. The number of hydrogen-bond acceptors (Lipinski definition) is 7. The first-order valence-electron chi connectivity index (χ1n) is 6.75. The van der Waals surface area contributed by atoms with Crippen molar-refractivity contribution in [2.45, 2.75) is 6.92 Å². The Morgan fingerprint density at radius 1 is 1.25 bits per heavy atom. The van der Waals surface area contributed by atoms with Crippen LogP contribution in [0.25, 0.3) is 10.1 Å². The van der Waals surface area contributed by atoms with Gasteiger partial charge in [-0.25, -0.2) is 9.59 Å². The van der Waals surface area contributed by atoms with Crippen molar-refractivity contribution >= 4 is 55.0 Å². The van der Waals surface area contributed by atoms with Crippen molar-refractivity contribution in [2.24, 2.45) is 0 Å². The number of rotatable bonds is 4. The summed E-state index contributed by atoms with van der Waals surface area (Å²) in [4.78, 5) is 36.0. The summed E-state index contributed by atoms with van der Waals surface area (Å²) in [6, 6.07) is 5.54. The molecule has 0 unspecified atom stereocenters. The number of esters is 2. The molecule has 0 bridgehead atoms. The average molecular weight is 412 g/mol. The van der Waals surface area contributed by atoms with E-state index in [0.29, 0.717) is 9.17 Å². The molecule has 1 heterocycles. The second-order valence-electron chi connectivity index (χ2n) is 4.78. The number of carbonyl (C=O) groups excluding carboxylic acids is 2. The van der Waals surface area contributed by atoms with Gasteiger partial charge in [-0.05, 0) is 35.0 Å². The van der Waals surface area contributed by atoms with Gasteiger partial charge in [-0.2, -0.15) is 0 Å². The number of hydrogen-bond donors (Lipinski definition) is 1. The lowest BCUT2D eigenvalue weighted by molar-refractivity contribution is -0.138. The highest BCUT2D eigenvalue weighted by atomic mass is 79.9. The van der Waals surface area contributed by atoms with Crippen LogP contribution in [0.1, 0.15) is 5.56 Å². The number of benzene rings is 1. The smallest absolute Gasteiger partial charge is 0.354 e. The minimum atomic E-state index is -0.791. The SMILES string of the molecule is COC(=O)C=C(Nc1c(Br)sc2ccc(C)cc2c1=O)C(=O)OC. The van der Waals surface area contributed by atoms with E-state index in [4.69, 9.17) is 0 Å². The van der Waals surface area contributed by atoms with Gasteiger partial charge in [-0.3, -0.25) is 4.79 Å². The molecule has 6 nitrogen and oxygen atoms in total. The fourth-order valence-electron chi connectivity index (χ4n) is 1.96. The fraction of sp³-hybridized carbons (Fsp3) is 0.188. The first-order chi connectivity index (χ1) is 11.4. The van der Waals surface area contributed by atoms with E-state index < -0.39 is 11.9 Å². The molecule has 0 atom stereocenters. The first kappa shape index (κ1) is 18.2. The Morgan fingerprint density at radius 2 is 1.96 bits per heavy atom. The monoisotopic (exact) mass is 411 g/mol. The summed E-state index contributed by atoms with van der Waals surface area (Å²) in [5, 5.41) is 3.20. The number of aryl methyl sites for hydroxylation is 1. The summed E-state index contributed by atoms with van der Waals surface area (Å²) < 4.78 is 10.4. The van der Waals surface area contributed by atoms with Crippen molar-refractivity contribution in [3.63, 3.8) is 0 Å². The number of fused-ring (bicyclic) bond motifs is 1. The Kier molecular flexibility index (Phi) is 5.74. The van der Waals surface area contributed by atoms with Gasteiger partial charge in [0.1, 0.15) is 11.4 Å². The third kappa shape index (κ3) is 3.82. The fourth-order valence-corrected chi connectivity index (χ4v) is 3.59. The number of methoxy groups -OCH3 is 2. The van der Waals surface area contributed by atoms with Crippen LogP contribution in [-0.4, -0.2) is 26.2 Å². The normalized spacial score (nSPS) is 11.2. The van der Waals surface area contributed by atoms with E-state index in [9.17, 15) is 14.4 Å². The number of halogens is 1. The minimum Gasteiger partial charge on any atom is -0.466 e. The molecule has 0 saturated heterocycles. The van der Waals surface area contributed by atoms with E-state index in [1.54, 1.807) is 6.07 Å². The molecule has 8 heteroatoms. The Bertz CT molecular complexity index is 903. The first-order valence-corrected chi connectivity index (χ1v) is 8.36. The third-order valence-corrected chi connectivity index (χ3v) is 4.97. The van der Waals surface area contributed by atoms with Crippen molar-refractivity contribution in [3.05, 3.63) is 49.5 Å². The van der Waals surface area contributed by atoms with Crippen LogP contribution >= 0.6 is 27.3 Å². The molecule has 1 aromatic carbocycles. The largest absolute Gasteiger partial charge is 0.466 e. The molecule has 0 radical (unpaired) electrons. The maximum Gasteiger partial charge on any atom is 0.354 e. The summed E-state index contributed by atoms with van der Waals surface area (Å²) in [6.45, 7) is 1.88. The van der Waals surface area contributed by atoms with E-state index in [0.717, 1.165) is 16.3 Å². The molecule has 24 heavy (non-hydrogen) atoms. The van der Waals surface area contributed by atoms with Gasteiger partial charge in [-0.15, -0.1) is 11.3 Å². The predicted molar refractivity (Wildman–Crippen MR) is 96.3 cm³/mol. The van der Waals surface area contributed by atoms with Crippen molar-refractivity contribution in [3.8, 4) is 0 Å². The van der Waals surface area contributed by atoms with E-state index in [-0.39, 0.29) is 16.8 Å². The summed E-state index contributed by atoms with van der Waals surface area (Å²) in [5.41, 5.74) is 0.609. The zero-order chi connectivity index (χ0) is 17.9. The highest BCUT2D eigenvalue weighted by Crippen LogP contribution is 2.31. The minimum absolute atomic E-state index is 0.152. The molecule has 0 fully saturated rings. The van der Waals surface area contributed by atoms with Crippen molar-refractivity contribution in [2.75, 3.05) is 19.5 Å². The highest BCUT2D eigenvalue weighted by Gasteiger charge is 2.18. The van der Waals surface area contributed by atoms with E-state index >= 15 is 0 Å². The molecular weight excluding hydrogens is 398 g/mol. The molecule has 0 spiro atoms. The van der Waals surface area contributed by atoms with Gasteiger partial charge in [0.05, 0.1) is 24.1 Å². The molecular formula is C16H14BrNO5S. The Morgan fingerprint density at radius 3 is 2.58 bits per heavy atom. The van der Waals surface area contributed by atoms with Gasteiger partial charge < -0.3 is 14.8 Å². The van der Waals surface area contributed by atoms with Crippen molar-refractivity contribution in [1.82, 2.24) is 0 Å². The van der Waals surface area contributed by atoms with E-state index in [1.165, 1.54) is 25.6 Å². The maximum atomic E-state index is 12.7. The standard InChI is InChI=1S/C16H14BrNO5S/c1-8-4-5-11-9(6-8)14(20)13(15(17)24-11)18-10(16(21)23-3)7-12(19)22-2/h4-7,18H,1-3H3. The van der Waals surface area contributed by atoms with Crippen LogP contribution in [0, 0.1) is 6.92 Å². The van der Waals surface area contributed by atoms with Crippen LogP contribution in [0.5, 0.6) is 0 Å². The van der Waals surface area contributed by atoms with Gasteiger partial charge >= 0.3 is 11.9 Å². The Hall–Kier alpha value is -2.19. The van der Waals surface area contributed by atoms with Crippen molar-refractivity contribution in [1.29, 1.82) is 0 Å². The number of carbonyl (C=O) groups is 2. The van der Waals surface area contributed by atoms with Crippen LogP contribution in [0.3, 0.4) is 0 Å². The molecule has 0 aliphatic carbocycles. The molecule has 1 aromatic heterocycles. The van der Waals surface area contributed by atoms with Crippen LogP contribution in [0.15, 0.2) is 38.6 Å². The quantitative estimate of drug-likeness (QED) is 0.614. The van der Waals surface area contributed by atoms with Crippen LogP contribution in [-0.2, 0) is 19.1 Å². The molecule has 1 N–H and O–H groups in total. The van der Waals surface area contributed by atoms with Crippen LogP contribution in [0.2, 0.25) is 0 Å². The number of ether oxygens (including phenoxy) is 2. The highest BCUT2D eigenvalue weighted by molar-refractivity contribution is 9.11. The number of anilines is 1. The van der Waals surface area contributed by atoms with E-state index in [1.807, 2.05) is 19.1 Å². The van der Waals surface area contributed by atoms with Crippen LogP contribution < -0.4 is 10.7 Å². The lowest BCUT2D eigenvalue weighted by Gasteiger charge is -2.11. The molecule has 2 rings (SSSR count). The zero-order valence-corrected chi connectivity index (χ0v) is 15.5. The second-order valence-corrected chi connectivity index (χ2v) is 7.15.